The molecule has 1 aromatic carbocycles. The van der Waals surface area contributed by atoms with Gasteiger partial charge in [-0.1, -0.05) is 15.9 Å². The Morgan fingerprint density at radius 1 is 1.43 bits per heavy atom. The van der Waals surface area contributed by atoms with Gasteiger partial charge in [0.15, 0.2) is 0 Å². The van der Waals surface area contributed by atoms with E-state index in [-0.39, 0.29) is 23.2 Å². The molecule has 1 atom stereocenters. The number of hydrogen-bond acceptors (Lipinski definition) is 5. The summed E-state index contributed by atoms with van der Waals surface area (Å²) in [6.45, 7) is 2.55. The highest BCUT2D eigenvalue weighted by Gasteiger charge is 2.35. The Bertz CT molecular complexity index is 676. The van der Waals surface area contributed by atoms with Gasteiger partial charge in [-0.3, -0.25) is 4.79 Å². The summed E-state index contributed by atoms with van der Waals surface area (Å²) in [5.74, 6) is -0.475. The van der Waals surface area contributed by atoms with E-state index in [2.05, 4.69) is 15.9 Å². The minimum Gasteiger partial charge on any atom is -0.495 e. The maximum Gasteiger partial charge on any atom is 0.310 e. The van der Waals surface area contributed by atoms with Gasteiger partial charge in [0.25, 0.3) is 0 Å². The maximum absolute atomic E-state index is 12.9. The Morgan fingerprint density at radius 3 is 2.83 bits per heavy atom. The van der Waals surface area contributed by atoms with Crippen LogP contribution in [0.2, 0.25) is 0 Å². The number of piperidine rings is 1. The fraction of sp³-hybridized carbons (Fsp3) is 0.533. The van der Waals surface area contributed by atoms with Crippen molar-refractivity contribution in [3.63, 3.8) is 0 Å². The van der Waals surface area contributed by atoms with Gasteiger partial charge in [-0.05, 0) is 38.0 Å². The van der Waals surface area contributed by atoms with Crippen molar-refractivity contribution >= 4 is 31.9 Å². The van der Waals surface area contributed by atoms with Crippen LogP contribution in [0.5, 0.6) is 5.75 Å². The van der Waals surface area contributed by atoms with E-state index in [0.29, 0.717) is 30.5 Å². The number of halogens is 1. The molecule has 2 rings (SSSR count). The molecule has 0 aliphatic carbocycles. The lowest BCUT2D eigenvalue weighted by Crippen LogP contribution is -2.42. The third kappa shape index (κ3) is 4.05. The third-order valence-electron chi connectivity index (χ3n) is 3.75. The second-order valence-electron chi connectivity index (χ2n) is 5.25. The number of carbonyl (C=O) groups is 1. The Hall–Kier alpha value is -1.12. The molecule has 6 nitrogen and oxygen atoms in total. The highest BCUT2D eigenvalue weighted by molar-refractivity contribution is 9.10. The van der Waals surface area contributed by atoms with E-state index in [9.17, 15) is 13.2 Å². The predicted octanol–water partition coefficient (Wildman–Crippen LogP) is 2.42. The summed E-state index contributed by atoms with van der Waals surface area (Å²) in [6.07, 6.45) is 1.26. The molecule has 1 heterocycles. The fourth-order valence-electron chi connectivity index (χ4n) is 2.60. The molecule has 8 heteroatoms. The van der Waals surface area contributed by atoms with Crippen LogP contribution in [-0.4, -0.2) is 45.5 Å². The number of ether oxygens (including phenoxy) is 2. The van der Waals surface area contributed by atoms with Crippen molar-refractivity contribution < 1.29 is 22.7 Å². The second kappa shape index (κ2) is 7.63. The van der Waals surface area contributed by atoms with Crippen LogP contribution < -0.4 is 4.74 Å². The van der Waals surface area contributed by atoms with Gasteiger partial charge in [0.2, 0.25) is 10.0 Å². The van der Waals surface area contributed by atoms with Crippen molar-refractivity contribution in [2.24, 2.45) is 5.92 Å². The van der Waals surface area contributed by atoms with Gasteiger partial charge in [-0.25, -0.2) is 8.42 Å². The number of carbonyl (C=O) groups excluding carboxylic acids is 1. The zero-order valence-electron chi connectivity index (χ0n) is 13.1. The number of rotatable bonds is 5. The molecule has 0 bridgehead atoms. The zero-order chi connectivity index (χ0) is 17.0. The van der Waals surface area contributed by atoms with Crippen molar-refractivity contribution in [2.45, 2.75) is 24.7 Å². The number of nitrogens with zero attached hydrogens (tertiary/aromatic N) is 1. The number of esters is 1. The molecule has 0 saturated carbocycles. The molecule has 1 unspecified atom stereocenters. The Morgan fingerprint density at radius 2 is 2.17 bits per heavy atom. The first kappa shape index (κ1) is 18.2. The molecular weight excluding hydrogens is 386 g/mol. The van der Waals surface area contributed by atoms with Crippen molar-refractivity contribution in [1.82, 2.24) is 4.31 Å². The van der Waals surface area contributed by atoms with E-state index in [0.717, 1.165) is 0 Å². The highest BCUT2D eigenvalue weighted by atomic mass is 79.9. The van der Waals surface area contributed by atoms with Crippen LogP contribution in [0.4, 0.5) is 0 Å². The monoisotopic (exact) mass is 405 g/mol. The number of sulfonamides is 1. The van der Waals surface area contributed by atoms with E-state index in [4.69, 9.17) is 9.47 Å². The predicted molar refractivity (Wildman–Crippen MR) is 88.8 cm³/mol. The molecule has 1 aliphatic heterocycles. The minimum atomic E-state index is -3.74. The summed E-state index contributed by atoms with van der Waals surface area (Å²) in [5.41, 5.74) is 0. The molecule has 1 aromatic rings. The van der Waals surface area contributed by atoms with Gasteiger partial charge in [0.1, 0.15) is 10.6 Å². The summed E-state index contributed by atoms with van der Waals surface area (Å²) in [4.78, 5) is 12.0. The van der Waals surface area contributed by atoms with Crippen LogP contribution in [0.15, 0.2) is 27.6 Å². The van der Waals surface area contributed by atoms with E-state index in [1.807, 2.05) is 0 Å². The molecule has 1 aliphatic rings. The van der Waals surface area contributed by atoms with Gasteiger partial charge in [0.05, 0.1) is 19.6 Å². The average Bonchev–Trinajstić information content (AvgIpc) is 2.55. The molecule has 1 saturated heterocycles. The molecule has 0 radical (unpaired) electrons. The summed E-state index contributed by atoms with van der Waals surface area (Å²) in [7, 11) is -2.31. The quantitative estimate of drug-likeness (QED) is 0.703. The minimum absolute atomic E-state index is 0.0962. The van der Waals surface area contributed by atoms with Crippen molar-refractivity contribution in [3.05, 3.63) is 22.7 Å². The first-order valence-corrected chi connectivity index (χ1v) is 9.63. The molecule has 1 fully saturated rings. The molecule has 128 valence electrons. The van der Waals surface area contributed by atoms with Crippen molar-refractivity contribution in [3.8, 4) is 5.75 Å². The summed E-state index contributed by atoms with van der Waals surface area (Å²) in [5, 5.41) is 0. The van der Waals surface area contributed by atoms with E-state index in [1.54, 1.807) is 19.1 Å². The van der Waals surface area contributed by atoms with Crippen LogP contribution in [0.1, 0.15) is 19.8 Å². The lowest BCUT2D eigenvalue weighted by molar-refractivity contribution is -0.149. The smallest absolute Gasteiger partial charge is 0.310 e. The van der Waals surface area contributed by atoms with Crippen LogP contribution in [0.3, 0.4) is 0 Å². The average molecular weight is 406 g/mol. The van der Waals surface area contributed by atoms with Gasteiger partial charge in [0, 0.05) is 17.6 Å². The van der Waals surface area contributed by atoms with E-state index >= 15 is 0 Å². The van der Waals surface area contributed by atoms with Gasteiger partial charge >= 0.3 is 5.97 Å². The maximum atomic E-state index is 12.9. The van der Waals surface area contributed by atoms with E-state index < -0.39 is 15.9 Å². The number of benzene rings is 1. The second-order valence-corrected chi connectivity index (χ2v) is 8.07. The van der Waals surface area contributed by atoms with Crippen molar-refractivity contribution in [2.75, 3.05) is 26.8 Å². The summed E-state index contributed by atoms with van der Waals surface area (Å²) < 4.78 is 38.0. The topological polar surface area (TPSA) is 72.9 Å². The highest BCUT2D eigenvalue weighted by Crippen LogP contribution is 2.32. The Balaban J connectivity index is 2.29. The first-order chi connectivity index (χ1) is 10.9. The van der Waals surface area contributed by atoms with E-state index in [1.165, 1.54) is 17.5 Å². The molecule has 0 aromatic heterocycles. The van der Waals surface area contributed by atoms with Crippen molar-refractivity contribution in [1.29, 1.82) is 0 Å². The molecule has 0 amide bonds. The normalized spacial score (nSPS) is 19.3. The van der Waals surface area contributed by atoms with Crippen LogP contribution in [0.25, 0.3) is 0 Å². The van der Waals surface area contributed by atoms with Gasteiger partial charge in [-0.15, -0.1) is 0 Å². The summed E-state index contributed by atoms with van der Waals surface area (Å²) in [6, 6.07) is 4.83. The lowest BCUT2D eigenvalue weighted by atomic mass is 10.0. The zero-order valence-corrected chi connectivity index (χ0v) is 15.5. The summed E-state index contributed by atoms with van der Waals surface area (Å²) >= 11 is 3.28. The van der Waals surface area contributed by atoms with Gasteiger partial charge in [-0.2, -0.15) is 4.31 Å². The van der Waals surface area contributed by atoms with Crippen LogP contribution in [0, 0.1) is 5.92 Å². The molecule has 0 spiro atoms. The Kier molecular flexibility index (Phi) is 6.05. The molecule has 23 heavy (non-hydrogen) atoms. The fourth-order valence-corrected chi connectivity index (χ4v) is 4.82. The molecule has 0 N–H and O–H groups in total. The number of hydrogen-bond donors (Lipinski definition) is 0. The van der Waals surface area contributed by atoms with Gasteiger partial charge < -0.3 is 9.47 Å². The Labute approximate surface area is 144 Å². The SMILES string of the molecule is CCOC(=O)C1CCCN(S(=O)(=O)c2cc(Br)ccc2OC)C1. The lowest BCUT2D eigenvalue weighted by Gasteiger charge is -2.31. The first-order valence-electron chi connectivity index (χ1n) is 7.40. The van der Waals surface area contributed by atoms with Crippen LogP contribution >= 0.6 is 15.9 Å². The standard InChI is InChI=1S/C15H20BrNO5S/c1-3-22-15(18)11-5-4-8-17(10-11)23(19,20)14-9-12(16)6-7-13(14)21-2/h6-7,9,11H,3-5,8,10H2,1-2H3. The molecular formula is C15H20BrNO5S. The largest absolute Gasteiger partial charge is 0.495 e. The number of methoxy groups -OCH3 is 1. The van der Waals surface area contributed by atoms with Crippen LogP contribution in [-0.2, 0) is 19.6 Å². The third-order valence-corrected chi connectivity index (χ3v) is 6.13.